The van der Waals surface area contributed by atoms with Crippen LogP contribution in [-0.4, -0.2) is 78.2 Å². The van der Waals surface area contributed by atoms with Crippen LogP contribution in [0.2, 0.25) is 0 Å². The van der Waals surface area contributed by atoms with Gasteiger partial charge < -0.3 is 14.2 Å². The summed E-state index contributed by atoms with van der Waals surface area (Å²) in [5.41, 5.74) is 1.51. The van der Waals surface area contributed by atoms with Gasteiger partial charge in [-0.3, -0.25) is 4.79 Å². The average Bonchev–Trinajstić information content (AvgIpc) is 3.19. The number of fused-ring (bicyclic) bond motifs is 1. The van der Waals surface area contributed by atoms with Gasteiger partial charge in [0.25, 0.3) is 0 Å². The van der Waals surface area contributed by atoms with Gasteiger partial charge in [-0.25, -0.2) is 13.4 Å². The van der Waals surface area contributed by atoms with Crippen molar-refractivity contribution in [1.82, 2.24) is 18.8 Å². The van der Waals surface area contributed by atoms with Crippen LogP contribution in [0, 0.1) is 0 Å². The van der Waals surface area contributed by atoms with Crippen molar-refractivity contribution in [3.63, 3.8) is 0 Å². The standard InChI is InChI=1S/C22H32N4O4S2/c1-3-26-20-10-9-18(32(28,29)25-11-13-30-14-12-25)15-19(20)23-22(26)31-16-21(27)24(2)17-7-5-4-6-8-17/h9-10,15,17H,3-8,11-14,16H2,1-2H3. The van der Waals surface area contributed by atoms with Crippen LogP contribution in [0.25, 0.3) is 11.0 Å². The van der Waals surface area contributed by atoms with Crippen molar-refractivity contribution in [1.29, 1.82) is 0 Å². The van der Waals surface area contributed by atoms with Crippen LogP contribution >= 0.6 is 11.8 Å². The zero-order chi connectivity index (χ0) is 22.7. The van der Waals surface area contributed by atoms with Crippen molar-refractivity contribution in [2.75, 3.05) is 39.1 Å². The Morgan fingerprint density at radius 3 is 2.62 bits per heavy atom. The van der Waals surface area contributed by atoms with Gasteiger partial charge in [0.1, 0.15) is 0 Å². The minimum absolute atomic E-state index is 0.118. The van der Waals surface area contributed by atoms with E-state index in [1.807, 2.05) is 29.5 Å². The van der Waals surface area contributed by atoms with E-state index in [1.54, 1.807) is 12.1 Å². The highest BCUT2D eigenvalue weighted by Gasteiger charge is 2.27. The highest BCUT2D eigenvalue weighted by Crippen LogP contribution is 2.28. The topological polar surface area (TPSA) is 84.7 Å². The summed E-state index contributed by atoms with van der Waals surface area (Å²) in [6.45, 7) is 4.27. The molecule has 2 aliphatic rings. The summed E-state index contributed by atoms with van der Waals surface area (Å²) in [7, 11) is -1.67. The Balaban J connectivity index is 1.51. The normalized spacial score (nSPS) is 18.8. The van der Waals surface area contributed by atoms with E-state index in [-0.39, 0.29) is 10.8 Å². The number of aryl methyl sites for hydroxylation is 1. The molecule has 0 radical (unpaired) electrons. The molecule has 1 aliphatic carbocycles. The number of morpholine rings is 1. The molecule has 32 heavy (non-hydrogen) atoms. The van der Waals surface area contributed by atoms with Gasteiger partial charge in [0.15, 0.2) is 5.16 Å². The fourth-order valence-corrected chi connectivity index (χ4v) is 6.93. The Bertz CT molecular complexity index is 1060. The SMILES string of the molecule is CCn1c(SCC(=O)N(C)C2CCCCC2)nc2cc(S(=O)(=O)N3CCOCC3)ccc21. The first-order valence-electron chi connectivity index (χ1n) is 11.4. The average molecular weight is 481 g/mol. The number of sulfonamides is 1. The van der Waals surface area contributed by atoms with Gasteiger partial charge in [0.05, 0.1) is 34.9 Å². The van der Waals surface area contributed by atoms with Gasteiger partial charge in [-0.2, -0.15) is 4.31 Å². The third-order valence-corrected chi connectivity index (χ3v) is 9.31. The van der Waals surface area contributed by atoms with Gasteiger partial charge >= 0.3 is 0 Å². The molecule has 0 N–H and O–H groups in total. The molecular formula is C22H32N4O4S2. The van der Waals surface area contributed by atoms with Crippen LogP contribution in [0.4, 0.5) is 0 Å². The highest BCUT2D eigenvalue weighted by atomic mass is 32.2. The predicted molar refractivity (Wildman–Crippen MR) is 125 cm³/mol. The molecule has 1 aromatic heterocycles. The van der Waals surface area contributed by atoms with Crippen LogP contribution in [0.5, 0.6) is 0 Å². The monoisotopic (exact) mass is 480 g/mol. The second-order valence-electron chi connectivity index (χ2n) is 8.39. The number of thioether (sulfide) groups is 1. The number of ether oxygens (including phenoxy) is 1. The van der Waals surface area contributed by atoms with Gasteiger partial charge in [-0.1, -0.05) is 31.0 Å². The zero-order valence-corrected chi connectivity index (χ0v) is 20.5. The van der Waals surface area contributed by atoms with Crippen LogP contribution in [-0.2, 0) is 26.1 Å². The van der Waals surface area contributed by atoms with E-state index in [0.717, 1.165) is 23.5 Å². The molecule has 4 rings (SSSR count). The van der Waals surface area contributed by atoms with E-state index >= 15 is 0 Å². The number of hydrogen-bond donors (Lipinski definition) is 0. The van der Waals surface area contributed by atoms with Crippen LogP contribution in [0.15, 0.2) is 28.3 Å². The quantitative estimate of drug-likeness (QED) is 0.567. The lowest BCUT2D eigenvalue weighted by Gasteiger charge is -2.31. The van der Waals surface area contributed by atoms with E-state index in [4.69, 9.17) is 9.72 Å². The van der Waals surface area contributed by atoms with Crippen LogP contribution in [0.1, 0.15) is 39.0 Å². The Labute approximate surface area is 194 Å². The summed E-state index contributed by atoms with van der Waals surface area (Å²) in [6, 6.07) is 5.46. The summed E-state index contributed by atoms with van der Waals surface area (Å²) in [4.78, 5) is 19.6. The van der Waals surface area contributed by atoms with E-state index in [0.29, 0.717) is 50.2 Å². The number of aromatic nitrogens is 2. The summed E-state index contributed by atoms with van der Waals surface area (Å²) in [5.74, 6) is 0.446. The first kappa shape index (κ1) is 23.5. The maximum atomic E-state index is 13.0. The molecule has 0 bridgehead atoms. The lowest BCUT2D eigenvalue weighted by molar-refractivity contribution is -0.129. The van der Waals surface area contributed by atoms with Crippen molar-refractivity contribution in [2.24, 2.45) is 0 Å². The second kappa shape index (κ2) is 10.1. The number of amides is 1. The second-order valence-corrected chi connectivity index (χ2v) is 11.3. The number of imidazole rings is 1. The summed E-state index contributed by atoms with van der Waals surface area (Å²) >= 11 is 1.42. The lowest BCUT2D eigenvalue weighted by atomic mass is 9.94. The van der Waals surface area contributed by atoms with Crippen LogP contribution < -0.4 is 0 Å². The summed E-state index contributed by atoms with van der Waals surface area (Å²) < 4.78 is 34.8. The van der Waals surface area contributed by atoms with Gasteiger partial charge in [-0.15, -0.1) is 0 Å². The van der Waals surface area contributed by atoms with Gasteiger partial charge in [0.2, 0.25) is 15.9 Å². The minimum atomic E-state index is -3.58. The number of rotatable bonds is 7. The Morgan fingerprint density at radius 2 is 1.94 bits per heavy atom. The zero-order valence-electron chi connectivity index (χ0n) is 18.8. The molecule has 1 saturated heterocycles. The van der Waals surface area contributed by atoms with Crippen molar-refractivity contribution < 1.29 is 17.9 Å². The number of hydrogen-bond acceptors (Lipinski definition) is 6. The fourth-order valence-electron chi connectivity index (χ4n) is 4.50. The molecule has 1 aliphatic heterocycles. The molecule has 2 heterocycles. The molecule has 2 fully saturated rings. The third-order valence-electron chi connectivity index (χ3n) is 6.45. The Morgan fingerprint density at radius 1 is 1.22 bits per heavy atom. The minimum Gasteiger partial charge on any atom is -0.379 e. The highest BCUT2D eigenvalue weighted by molar-refractivity contribution is 7.99. The molecular weight excluding hydrogens is 448 g/mol. The van der Waals surface area contributed by atoms with E-state index in [9.17, 15) is 13.2 Å². The maximum absolute atomic E-state index is 13.0. The fraction of sp³-hybridized carbons (Fsp3) is 0.636. The molecule has 176 valence electrons. The molecule has 8 nitrogen and oxygen atoms in total. The number of nitrogens with zero attached hydrogens (tertiary/aromatic N) is 4. The van der Waals surface area contributed by atoms with Crippen molar-refractivity contribution in [3.05, 3.63) is 18.2 Å². The molecule has 1 saturated carbocycles. The lowest BCUT2D eigenvalue weighted by Crippen LogP contribution is -2.40. The summed E-state index contributed by atoms with van der Waals surface area (Å²) in [5, 5.41) is 0.744. The van der Waals surface area contributed by atoms with E-state index < -0.39 is 10.0 Å². The van der Waals surface area contributed by atoms with E-state index in [2.05, 4.69) is 0 Å². The molecule has 0 atom stereocenters. The molecule has 1 amide bonds. The van der Waals surface area contributed by atoms with Crippen LogP contribution in [0.3, 0.4) is 0 Å². The predicted octanol–water partition coefficient (Wildman–Crippen LogP) is 2.96. The van der Waals surface area contributed by atoms with Crippen molar-refractivity contribution in [3.8, 4) is 0 Å². The molecule has 2 aromatic rings. The third kappa shape index (κ3) is 4.83. The largest absolute Gasteiger partial charge is 0.379 e. The van der Waals surface area contributed by atoms with Crippen molar-refractivity contribution >= 4 is 38.7 Å². The first-order chi connectivity index (χ1) is 15.4. The number of benzene rings is 1. The molecule has 10 heteroatoms. The smallest absolute Gasteiger partial charge is 0.243 e. The number of carbonyl (C=O) groups excluding carboxylic acids is 1. The first-order valence-corrected chi connectivity index (χ1v) is 13.8. The maximum Gasteiger partial charge on any atom is 0.243 e. The summed E-state index contributed by atoms with van der Waals surface area (Å²) in [6.07, 6.45) is 5.81. The van der Waals surface area contributed by atoms with Crippen molar-refractivity contribution in [2.45, 2.75) is 61.7 Å². The number of carbonyl (C=O) groups is 1. The molecule has 1 aromatic carbocycles. The Hall–Kier alpha value is -1.62. The molecule has 0 spiro atoms. The van der Waals surface area contributed by atoms with E-state index in [1.165, 1.54) is 35.3 Å². The van der Waals surface area contributed by atoms with Gasteiger partial charge in [0, 0.05) is 32.7 Å². The molecule has 0 unspecified atom stereocenters. The Kier molecular flexibility index (Phi) is 7.44. The van der Waals surface area contributed by atoms with Gasteiger partial charge in [-0.05, 0) is 38.0 Å².